The molecule has 98 valence electrons. The van der Waals surface area contributed by atoms with E-state index in [4.69, 9.17) is 29.0 Å². The summed E-state index contributed by atoms with van der Waals surface area (Å²) in [6.45, 7) is 0. The minimum Gasteiger partial charge on any atom is -0.321 e. The number of nitrogens with two attached hydrogens (primary N) is 1. The van der Waals surface area contributed by atoms with Gasteiger partial charge in [-0.25, -0.2) is 15.8 Å². The molecule has 8 heteroatoms. The first-order valence-electron chi connectivity index (χ1n) is 5.15. The van der Waals surface area contributed by atoms with E-state index in [0.717, 1.165) is 0 Å². The second-order valence-electron chi connectivity index (χ2n) is 3.51. The van der Waals surface area contributed by atoms with Crippen LogP contribution in [0.15, 0.2) is 30.6 Å². The molecule has 0 bridgehead atoms. The van der Waals surface area contributed by atoms with E-state index in [9.17, 15) is 4.79 Å². The molecule has 1 aromatic carbocycles. The van der Waals surface area contributed by atoms with Crippen molar-refractivity contribution >= 4 is 40.6 Å². The molecule has 2 rings (SSSR count). The van der Waals surface area contributed by atoms with Crippen molar-refractivity contribution in [3.8, 4) is 0 Å². The summed E-state index contributed by atoms with van der Waals surface area (Å²) in [5.41, 5.74) is 2.99. The van der Waals surface area contributed by atoms with Crippen LogP contribution in [0.5, 0.6) is 0 Å². The third kappa shape index (κ3) is 3.31. The molecule has 0 atom stereocenters. The summed E-state index contributed by atoms with van der Waals surface area (Å²) in [4.78, 5) is 19.7. The number of nitrogens with one attached hydrogen (secondary N) is 2. The molecule has 0 saturated heterocycles. The van der Waals surface area contributed by atoms with Gasteiger partial charge in [-0.2, -0.15) is 0 Å². The molecule has 0 aliphatic rings. The Morgan fingerprint density at radius 3 is 2.53 bits per heavy atom. The van der Waals surface area contributed by atoms with Gasteiger partial charge in [-0.1, -0.05) is 23.2 Å². The summed E-state index contributed by atoms with van der Waals surface area (Å²) in [7, 11) is 0. The summed E-state index contributed by atoms with van der Waals surface area (Å²) < 4.78 is 0. The predicted octanol–water partition coefficient (Wildman–Crippen LogP) is 2.32. The SMILES string of the molecule is NNc1cnc(C(=O)Nc2ccc(Cl)c(Cl)c2)cn1. The topological polar surface area (TPSA) is 92.9 Å². The molecular weight excluding hydrogens is 289 g/mol. The zero-order valence-electron chi connectivity index (χ0n) is 9.52. The Kier molecular flexibility index (Phi) is 4.16. The van der Waals surface area contributed by atoms with Gasteiger partial charge in [0.2, 0.25) is 0 Å². The van der Waals surface area contributed by atoms with Crippen LogP contribution >= 0.6 is 23.2 Å². The summed E-state index contributed by atoms with van der Waals surface area (Å²) in [5.74, 6) is 5.11. The van der Waals surface area contributed by atoms with Crippen LogP contribution in [0.25, 0.3) is 0 Å². The highest BCUT2D eigenvalue weighted by Crippen LogP contribution is 2.25. The molecule has 6 nitrogen and oxygen atoms in total. The van der Waals surface area contributed by atoms with Crippen molar-refractivity contribution in [2.24, 2.45) is 5.84 Å². The van der Waals surface area contributed by atoms with E-state index in [2.05, 4.69) is 20.7 Å². The molecule has 0 aliphatic heterocycles. The quantitative estimate of drug-likeness (QED) is 0.597. The minimum atomic E-state index is -0.408. The van der Waals surface area contributed by atoms with Gasteiger partial charge < -0.3 is 10.7 Å². The van der Waals surface area contributed by atoms with Crippen LogP contribution in [-0.2, 0) is 0 Å². The van der Waals surface area contributed by atoms with E-state index in [-0.39, 0.29) is 5.69 Å². The summed E-state index contributed by atoms with van der Waals surface area (Å²) in [5, 5.41) is 3.40. The molecule has 0 unspecified atom stereocenters. The lowest BCUT2D eigenvalue weighted by Crippen LogP contribution is -2.15. The first kappa shape index (κ1) is 13.5. The normalized spacial score (nSPS) is 10.1. The number of nitrogen functional groups attached to an aromatic ring is 1. The number of hydrazine groups is 1. The van der Waals surface area contributed by atoms with E-state index < -0.39 is 5.91 Å². The van der Waals surface area contributed by atoms with Crippen LogP contribution in [0, 0.1) is 0 Å². The predicted molar refractivity (Wildman–Crippen MR) is 74.3 cm³/mol. The first-order valence-corrected chi connectivity index (χ1v) is 5.91. The average molecular weight is 298 g/mol. The maximum Gasteiger partial charge on any atom is 0.275 e. The maximum atomic E-state index is 11.9. The maximum absolute atomic E-state index is 11.9. The van der Waals surface area contributed by atoms with Gasteiger partial charge in [0.25, 0.3) is 5.91 Å². The van der Waals surface area contributed by atoms with Gasteiger partial charge in [-0.05, 0) is 18.2 Å². The number of halogens is 2. The number of nitrogens with zero attached hydrogens (tertiary/aromatic N) is 2. The highest BCUT2D eigenvalue weighted by molar-refractivity contribution is 6.42. The van der Waals surface area contributed by atoms with Crippen molar-refractivity contribution in [3.05, 3.63) is 46.3 Å². The number of benzene rings is 1. The van der Waals surface area contributed by atoms with E-state index in [1.54, 1.807) is 18.2 Å². The van der Waals surface area contributed by atoms with E-state index in [1.807, 2.05) is 0 Å². The zero-order valence-corrected chi connectivity index (χ0v) is 11.0. The van der Waals surface area contributed by atoms with Crippen molar-refractivity contribution in [2.75, 3.05) is 10.7 Å². The summed E-state index contributed by atoms with van der Waals surface area (Å²) in [6, 6.07) is 4.77. The molecule has 0 radical (unpaired) electrons. The fourth-order valence-corrected chi connectivity index (χ4v) is 1.59. The van der Waals surface area contributed by atoms with Crippen LogP contribution in [0.4, 0.5) is 11.5 Å². The second kappa shape index (κ2) is 5.83. The van der Waals surface area contributed by atoms with Crippen molar-refractivity contribution in [3.63, 3.8) is 0 Å². The number of hydrogen-bond donors (Lipinski definition) is 3. The average Bonchev–Trinajstić information content (AvgIpc) is 2.43. The zero-order chi connectivity index (χ0) is 13.8. The molecule has 2 aromatic rings. The molecule has 1 amide bonds. The molecule has 1 heterocycles. The molecule has 0 fully saturated rings. The monoisotopic (exact) mass is 297 g/mol. The Morgan fingerprint density at radius 2 is 1.95 bits per heavy atom. The Labute approximate surface area is 118 Å². The number of amides is 1. The molecule has 0 aliphatic carbocycles. The molecule has 4 N–H and O–H groups in total. The smallest absolute Gasteiger partial charge is 0.275 e. The Morgan fingerprint density at radius 1 is 1.16 bits per heavy atom. The standard InChI is InChI=1S/C11H9Cl2N5O/c12-7-2-1-6(3-8(7)13)17-11(19)9-4-16-10(18-14)5-15-9/h1-5H,14H2,(H,16,18)(H,17,19). The van der Waals surface area contributed by atoms with Crippen LogP contribution in [0.3, 0.4) is 0 Å². The molecule has 0 saturated carbocycles. The number of carbonyl (C=O) groups is 1. The molecular formula is C11H9Cl2N5O. The third-order valence-corrected chi connectivity index (χ3v) is 2.95. The Bertz CT molecular complexity index is 603. The number of rotatable bonds is 3. The van der Waals surface area contributed by atoms with E-state index >= 15 is 0 Å². The summed E-state index contributed by atoms with van der Waals surface area (Å²) >= 11 is 11.6. The van der Waals surface area contributed by atoms with Gasteiger partial charge >= 0.3 is 0 Å². The van der Waals surface area contributed by atoms with E-state index in [1.165, 1.54) is 12.4 Å². The fraction of sp³-hybridized carbons (Fsp3) is 0. The minimum absolute atomic E-state index is 0.157. The number of aromatic nitrogens is 2. The van der Waals surface area contributed by atoms with Crippen LogP contribution in [0.2, 0.25) is 10.0 Å². The fourth-order valence-electron chi connectivity index (χ4n) is 1.29. The van der Waals surface area contributed by atoms with Gasteiger partial charge in [0.05, 0.1) is 22.4 Å². The number of hydrogen-bond acceptors (Lipinski definition) is 5. The molecule has 0 spiro atoms. The lowest BCUT2D eigenvalue weighted by atomic mass is 10.3. The van der Waals surface area contributed by atoms with Crippen molar-refractivity contribution in [1.29, 1.82) is 0 Å². The van der Waals surface area contributed by atoms with Crippen molar-refractivity contribution in [2.45, 2.75) is 0 Å². The lowest BCUT2D eigenvalue weighted by molar-refractivity contribution is 0.102. The van der Waals surface area contributed by atoms with Gasteiger partial charge in [0, 0.05) is 5.69 Å². The molecule has 19 heavy (non-hydrogen) atoms. The van der Waals surface area contributed by atoms with Gasteiger partial charge in [-0.15, -0.1) is 0 Å². The highest BCUT2D eigenvalue weighted by atomic mass is 35.5. The van der Waals surface area contributed by atoms with Crippen LogP contribution in [-0.4, -0.2) is 15.9 Å². The van der Waals surface area contributed by atoms with Crippen molar-refractivity contribution < 1.29 is 4.79 Å². The highest BCUT2D eigenvalue weighted by Gasteiger charge is 2.09. The Balaban J connectivity index is 2.13. The van der Waals surface area contributed by atoms with Crippen LogP contribution < -0.4 is 16.6 Å². The second-order valence-corrected chi connectivity index (χ2v) is 4.33. The first-order chi connectivity index (χ1) is 9.10. The summed E-state index contributed by atoms with van der Waals surface area (Å²) in [6.07, 6.45) is 2.66. The molecule has 1 aromatic heterocycles. The third-order valence-electron chi connectivity index (χ3n) is 2.21. The lowest BCUT2D eigenvalue weighted by Gasteiger charge is -2.06. The van der Waals surface area contributed by atoms with E-state index in [0.29, 0.717) is 21.6 Å². The largest absolute Gasteiger partial charge is 0.321 e. The van der Waals surface area contributed by atoms with Gasteiger partial charge in [0.15, 0.2) is 5.82 Å². The number of anilines is 2. The Hall–Kier alpha value is -1.89. The van der Waals surface area contributed by atoms with Gasteiger partial charge in [0.1, 0.15) is 5.69 Å². The van der Waals surface area contributed by atoms with Gasteiger partial charge in [-0.3, -0.25) is 4.79 Å². The number of carbonyl (C=O) groups excluding carboxylic acids is 1. The van der Waals surface area contributed by atoms with Crippen LogP contribution in [0.1, 0.15) is 10.5 Å². The van der Waals surface area contributed by atoms with Crippen molar-refractivity contribution in [1.82, 2.24) is 9.97 Å².